The van der Waals surface area contributed by atoms with Crippen molar-refractivity contribution in [3.05, 3.63) is 59.2 Å². The number of hydrogen-bond donors (Lipinski definition) is 3. The molecule has 2 aromatic carbocycles. The number of aryl methyl sites for hydroxylation is 1. The van der Waals surface area contributed by atoms with E-state index in [1.165, 1.54) is 18.3 Å². The van der Waals surface area contributed by atoms with Crippen molar-refractivity contribution >= 4 is 12.1 Å². The molecule has 2 aromatic rings. The number of hydrazone groups is 1. The lowest BCUT2D eigenvalue weighted by Gasteiger charge is -2.04. The predicted octanol–water partition coefficient (Wildman–Crippen LogP) is 4.22. The van der Waals surface area contributed by atoms with Crippen LogP contribution in [0, 0.1) is 6.92 Å². The Morgan fingerprint density at radius 3 is 2.12 bits per heavy atom. The van der Waals surface area contributed by atoms with Crippen molar-refractivity contribution < 1.29 is 15.0 Å². The fourth-order valence-electron chi connectivity index (χ4n) is 1.71. The van der Waals surface area contributed by atoms with Crippen LogP contribution in [0.4, 0.5) is 0 Å². The number of rotatable bonds is 3. The summed E-state index contributed by atoms with van der Waals surface area (Å²) in [6.45, 7) is 9.83. The van der Waals surface area contributed by atoms with Gasteiger partial charge in [-0.1, -0.05) is 52.0 Å². The SMILES string of the molecule is CC.CC.Cc1cccc(O)c1/C=N/NC(=O)c1ccccc1O. The van der Waals surface area contributed by atoms with Crippen LogP contribution in [0.1, 0.15) is 49.2 Å². The van der Waals surface area contributed by atoms with Gasteiger partial charge in [0.2, 0.25) is 0 Å². The zero-order valence-electron chi connectivity index (χ0n) is 14.9. The number of carbonyl (C=O) groups is 1. The Hall–Kier alpha value is -2.82. The Morgan fingerprint density at radius 2 is 1.54 bits per heavy atom. The second-order valence-electron chi connectivity index (χ2n) is 4.22. The Labute approximate surface area is 143 Å². The normalized spacial score (nSPS) is 9.38. The number of amides is 1. The number of benzene rings is 2. The van der Waals surface area contributed by atoms with Crippen LogP contribution in [-0.4, -0.2) is 22.3 Å². The number of phenols is 2. The first kappa shape index (κ1) is 21.2. The summed E-state index contributed by atoms with van der Waals surface area (Å²) in [6.07, 6.45) is 1.36. The van der Waals surface area contributed by atoms with Gasteiger partial charge in [0.25, 0.3) is 5.91 Å². The minimum Gasteiger partial charge on any atom is -0.507 e. The van der Waals surface area contributed by atoms with Gasteiger partial charge in [-0.3, -0.25) is 4.79 Å². The van der Waals surface area contributed by atoms with Crippen molar-refractivity contribution in [3.63, 3.8) is 0 Å². The number of aromatic hydroxyl groups is 2. The van der Waals surface area contributed by atoms with Crippen molar-refractivity contribution in [2.24, 2.45) is 5.10 Å². The van der Waals surface area contributed by atoms with Crippen molar-refractivity contribution in [1.29, 1.82) is 0 Å². The third-order valence-electron chi connectivity index (χ3n) is 2.81. The van der Waals surface area contributed by atoms with E-state index in [-0.39, 0.29) is 17.1 Å². The molecule has 2 rings (SSSR count). The van der Waals surface area contributed by atoms with Crippen LogP contribution in [-0.2, 0) is 0 Å². The summed E-state index contributed by atoms with van der Waals surface area (Å²) in [7, 11) is 0. The van der Waals surface area contributed by atoms with Crippen molar-refractivity contribution in [2.75, 3.05) is 0 Å². The standard InChI is InChI=1S/C15H14N2O3.2C2H6/c1-10-5-4-8-14(19)12(10)9-16-17-15(20)11-6-2-3-7-13(11)18;2*1-2/h2-9,18-19H,1H3,(H,17,20);2*1-2H3/b16-9+;;. The number of nitrogens with one attached hydrogen (secondary N) is 1. The molecule has 0 fully saturated rings. The zero-order chi connectivity index (χ0) is 18.5. The molecule has 0 bridgehead atoms. The maximum Gasteiger partial charge on any atom is 0.275 e. The van der Waals surface area contributed by atoms with Crippen LogP contribution in [0.5, 0.6) is 11.5 Å². The van der Waals surface area contributed by atoms with Crippen molar-refractivity contribution in [3.8, 4) is 11.5 Å². The monoisotopic (exact) mass is 330 g/mol. The molecular weight excluding hydrogens is 304 g/mol. The molecule has 1 amide bonds. The van der Waals surface area contributed by atoms with Crippen LogP contribution in [0.2, 0.25) is 0 Å². The first-order valence-corrected chi connectivity index (χ1v) is 7.99. The summed E-state index contributed by atoms with van der Waals surface area (Å²) < 4.78 is 0. The van der Waals surface area contributed by atoms with Gasteiger partial charge in [-0.2, -0.15) is 5.10 Å². The van der Waals surface area contributed by atoms with Gasteiger partial charge in [0, 0.05) is 5.56 Å². The van der Waals surface area contributed by atoms with Crippen LogP contribution in [0.3, 0.4) is 0 Å². The van der Waals surface area contributed by atoms with Crippen molar-refractivity contribution in [2.45, 2.75) is 34.6 Å². The van der Waals surface area contributed by atoms with E-state index in [1.54, 1.807) is 24.3 Å². The van der Waals surface area contributed by atoms with Gasteiger partial charge in [0.1, 0.15) is 11.5 Å². The fraction of sp³-hybridized carbons (Fsp3) is 0.263. The average Bonchev–Trinajstić information content (AvgIpc) is 2.61. The van der Waals surface area contributed by atoms with Crippen LogP contribution < -0.4 is 5.43 Å². The number of phenolic OH excluding ortho intramolecular Hbond substituents is 2. The maximum atomic E-state index is 11.8. The van der Waals surface area contributed by atoms with Crippen LogP contribution >= 0.6 is 0 Å². The molecule has 5 nitrogen and oxygen atoms in total. The molecule has 0 aliphatic rings. The molecule has 0 atom stereocenters. The highest BCUT2D eigenvalue weighted by Gasteiger charge is 2.08. The minimum atomic E-state index is -0.521. The largest absolute Gasteiger partial charge is 0.507 e. The summed E-state index contributed by atoms with van der Waals surface area (Å²) in [4.78, 5) is 11.8. The molecule has 0 unspecified atom stereocenters. The van der Waals surface area contributed by atoms with Gasteiger partial charge < -0.3 is 10.2 Å². The van der Waals surface area contributed by atoms with E-state index in [1.807, 2.05) is 40.7 Å². The number of hydrogen-bond acceptors (Lipinski definition) is 4. The Morgan fingerprint density at radius 1 is 0.958 bits per heavy atom. The molecule has 0 radical (unpaired) electrons. The lowest BCUT2D eigenvalue weighted by Crippen LogP contribution is -2.17. The lowest BCUT2D eigenvalue weighted by atomic mass is 10.1. The predicted molar refractivity (Wildman–Crippen MR) is 98.7 cm³/mol. The van der Waals surface area contributed by atoms with Gasteiger partial charge in [0.05, 0.1) is 11.8 Å². The molecule has 0 spiro atoms. The third-order valence-corrected chi connectivity index (χ3v) is 2.81. The van der Waals surface area contributed by atoms with Gasteiger partial charge in [0.15, 0.2) is 0 Å². The molecule has 3 N–H and O–H groups in total. The van der Waals surface area contributed by atoms with Gasteiger partial charge in [-0.05, 0) is 30.7 Å². The second-order valence-corrected chi connectivity index (χ2v) is 4.22. The maximum absolute atomic E-state index is 11.8. The zero-order valence-corrected chi connectivity index (χ0v) is 14.9. The van der Waals surface area contributed by atoms with E-state index in [4.69, 9.17) is 0 Å². The first-order valence-electron chi connectivity index (χ1n) is 7.99. The molecule has 0 saturated heterocycles. The van der Waals surface area contributed by atoms with E-state index >= 15 is 0 Å². The molecule has 0 saturated carbocycles. The Bertz CT molecular complexity index is 647. The molecule has 24 heavy (non-hydrogen) atoms. The summed E-state index contributed by atoms with van der Waals surface area (Å²) in [5.74, 6) is -0.545. The van der Waals surface area contributed by atoms with E-state index < -0.39 is 5.91 Å². The van der Waals surface area contributed by atoms with Gasteiger partial charge in [-0.15, -0.1) is 0 Å². The van der Waals surface area contributed by atoms with E-state index in [9.17, 15) is 15.0 Å². The summed E-state index contributed by atoms with van der Waals surface area (Å²) in [5, 5.41) is 23.0. The quantitative estimate of drug-likeness (QED) is 0.582. The van der Waals surface area contributed by atoms with E-state index in [2.05, 4.69) is 10.5 Å². The van der Waals surface area contributed by atoms with E-state index in [0.717, 1.165) is 5.56 Å². The molecule has 0 aliphatic heterocycles. The smallest absolute Gasteiger partial charge is 0.275 e. The minimum absolute atomic E-state index is 0.0885. The highest BCUT2D eigenvalue weighted by Crippen LogP contribution is 2.18. The van der Waals surface area contributed by atoms with Crippen LogP contribution in [0.15, 0.2) is 47.6 Å². The Balaban J connectivity index is 0.00000123. The molecule has 0 aliphatic carbocycles. The number of nitrogens with zero attached hydrogens (tertiary/aromatic N) is 1. The average molecular weight is 330 g/mol. The second kappa shape index (κ2) is 11.7. The first-order chi connectivity index (χ1) is 11.6. The highest BCUT2D eigenvalue weighted by atomic mass is 16.3. The molecule has 130 valence electrons. The topological polar surface area (TPSA) is 81.9 Å². The van der Waals surface area contributed by atoms with Crippen molar-refractivity contribution in [1.82, 2.24) is 5.43 Å². The lowest BCUT2D eigenvalue weighted by molar-refractivity contribution is 0.0952. The third kappa shape index (κ3) is 6.12. The highest BCUT2D eigenvalue weighted by molar-refractivity contribution is 5.97. The summed E-state index contributed by atoms with van der Waals surface area (Å²) >= 11 is 0. The molecular formula is C19H26N2O3. The van der Waals surface area contributed by atoms with Gasteiger partial charge in [-0.25, -0.2) is 5.43 Å². The van der Waals surface area contributed by atoms with Crippen LogP contribution in [0.25, 0.3) is 0 Å². The summed E-state index contributed by atoms with van der Waals surface area (Å²) in [5.41, 5.74) is 3.81. The molecule has 0 heterocycles. The van der Waals surface area contributed by atoms with E-state index in [0.29, 0.717) is 5.56 Å². The summed E-state index contributed by atoms with van der Waals surface area (Å²) in [6, 6.07) is 11.3. The van der Waals surface area contributed by atoms with Gasteiger partial charge >= 0.3 is 0 Å². The molecule has 0 aromatic heterocycles. The number of carbonyl (C=O) groups excluding carboxylic acids is 1. The Kier molecular flexibility index (Phi) is 10.3. The number of para-hydroxylation sites is 1. The fourth-order valence-corrected chi connectivity index (χ4v) is 1.71. The molecule has 5 heteroatoms.